The zero-order chi connectivity index (χ0) is 10.7. The first kappa shape index (κ1) is 14.0. The van der Waals surface area contributed by atoms with Crippen LogP contribution in [0, 0.1) is 0 Å². The van der Waals surface area contributed by atoms with Crippen LogP contribution in [-0.4, -0.2) is 61.6 Å². The number of halogens is 1. The molecule has 16 heavy (non-hydrogen) atoms. The predicted molar refractivity (Wildman–Crippen MR) is 78.6 cm³/mol. The van der Waals surface area contributed by atoms with E-state index in [0.717, 1.165) is 25.6 Å². The number of hydrogen-bond acceptors (Lipinski definition) is 4. The molecule has 0 spiro atoms. The van der Waals surface area contributed by atoms with E-state index in [1.807, 2.05) is 0 Å². The van der Waals surface area contributed by atoms with Gasteiger partial charge in [0.15, 0.2) is 5.96 Å². The Bertz CT molecular complexity index is 244. The van der Waals surface area contributed by atoms with Crippen LogP contribution in [0.2, 0.25) is 0 Å². The van der Waals surface area contributed by atoms with Crippen molar-refractivity contribution in [2.24, 2.45) is 4.99 Å². The lowest BCUT2D eigenvalue weighted by Crippen LogP contribution is -2.43. The summed E-state index contributed by atoms with van der Waals surface area (Å²) in [5, 5.41) is 3.47. The average Bonchev–Trinajstić information content (AvgIpc) is 2.83. The van der Waals surface area contributed by atoms with Crippen LogP contribution >= 0.6 is 24.0 Å². The molecule has 1 N–H and O–H groups in total. The van der Waals surface area contributed by atoms with Crippen molar-refractivity contribution in [1.82, 2.24) is 15.1 Å². The fourth-order valence-electron chi connectivity index (χ4n) is 2.48. The predicted octanol–water partition coefficient (Wildman–Crippen LogP) is 0.980. The second-order valence-corrected chi connectivity index (χ2v) is 4.43. The summed E-state index contributed by atoms with van der Waals surface area (Å²) in [4.78, 5) is 9.20. The van der Waals surface area contributed by atoms with Gasteiger partial charge in [-0.15, -0.1) is 24.0 Å². The molecule has 0 aromatic carbocycles. The van der Waals surface area contributed by atoms with Crippen molar-refractivity contribution in [3.8, 4) is 0 Å². The van der Waals surface area contributed by atoms with E-state index in [0.29, 0.717) is 6.04 Å². The van der Waals surface area contributed by atoms with Gasteiger partial charge in [0, 0.05) is 26.2 Å². The number of nitrogens with one attached hydrogen (secondary N) is 1. The van der Waals surface area contributed by atoms with Gasteiger partial charge in [-0.25, -0.2) is 0 Å². The van der Waals surface area contributed by atoms with Crippen LogP contribution in [0.5, 0.6) is 0 Å². The van der Waals surface area contributed by atoms with Gasteiger partial charge in [0.25, 0.3) is 0 Å². The van der Waals surface area contributed by atoms with Gasteiger partial charge in [0.1, 0.15) is 0 Å². The molecule has 0 amide bonds. The van der Waals surface area contributed by atoms with Crippen LogP contribution in [0.15, 0.2) is 4.99 Å². The number of hydrogen-bond donors (Lipinski definition) is 1. The summed E-state index contributed by atoms with van der Waals surface area (Å²) in [7, 11) is 2.10. The number of aliphatic imine (C=N–C) groups is 1. The van der Waals surface area contributed by atoms with Crippen LogP contribution in [0.4, 0.5) is 0 Å². The third-order valence-electron chi connectivity index (χ3n) is 3.46. The highest BCUT2D eigenvalue weighted by Gasteiger charge is 2.23. The lowest BCUT2D eigenvalue weighted by molar-refractivity contribution is 0.266. The molecule has 94 valence electrons. The van der Waals surface area contributed by atoms with Crippen molar-refractivity contribution in [2.75, 3.05) is 39.8 Å². The third kappa shape index (κ3) is 3.23. The summed E-state index contributed by atoms with van der Waals surface area (Å²) < 4.78 is 0. The molecule has 1 fully saturated rings. The van der Waals surface area contributed by atoms with Gasteiger partial charge in [-0.2, -0.15) is 0 Å². The molecule has 0 saturated carbocycles. The molecule has 1 saturated heterocycles. The van der Waals surface area contributed by atoms with E-state index in [2.05, 4.69) is 34.1 Å². The number of rotatable bonds is 3. The van der Waals surface area contributed by atoms with Crippen molar-refractivity contribution in [3.05, 3.63) is 0 Å². The van der Waals surface area contributed by atoms with Gasteiger partial charge in [-0.3, -0.25) is 9.89 Å². The van der Waals surface area contributed by atoms with E-state index in [1.165, 1.54) is 25.9 Å². The summed E-state index contributed by atoms with van der Waals surface area (Å²) in [5.74, 6) is 1.08. The molecule has 4 nitrogen and oxygen atoms in total. The Morgan fingerprint density at radius 1 is 1.44 bits per heavy atom. The van der Waals surface area contributed by atoms with E-state index >= 15 is 0 Å². The number of likely N-dealkylation sites (tertiary alicyclic amines) is 1. The van der Waals surface area contributed by atoms with Gasteiger partial charge < -0.3 is 10.2 Å². The molecule has 2 aliphatic heterocycles. The molecule has 0 radical (unpaired) electrons. The largest absolute Gasteiger partial charge is 0.355 e. The molecule has 1 unspecified atom stereocenters. The van der Waals surface area contributed by atoms with Crippen LogP contribution in [-0.2, 0) is 0 Å². The second-order valence-electron chi connectivity index (χ2n) is 4.43. The second kappa shape index (κ2) is 6.64. The molecule has 1 atom stereocenters. The van der Waals surface area contributed by atoms with Gasteiger partial charge in [0.05, 0.1) is 6.54 Å². The topological polar surface area (TPSA) is 30.9 Å². The summed E-state index contributed by atoms with van der Waals surface area (Å²) in [6, 6.07) is 0.715. The number of guanidine groups is 1. The number of likely N-dealkylation sites (N-methyl/N-ethyl adjacent to an activating group) is 2. The third-order valence-corrected chi connectivity index (χ3v) is 3.46. The van der Waals surface area contributed by atoms with E-state index in [4.69, 9.17) is 0 Å². The van der Waals surface area contributed by atoms with Gasteiger partial charge in [-0.1, -0.05) is 6.92 Å². The average molecular weight is 338 g/mol. The molecule has 0 aromatic rings. The molecule has 0 aliphatic carbocycles. The lowest BCUT2D eigenvalue weighted by atomic mass is 10.2. The van der Waals surface area contributed by atoms with E-state index in [9.17, 15) is 0 Å². The van der Waals surface area contributed by atoms with Crippen LogP contribution < -0.4 is 5.32 Å². The highest BCUT2D eigenvalue weighted by molar-refractivity contribution is 14.0. The highest BCUT2D eigenvalue weighted by atomic mass is 127. The zero-order valence-electron chi connectivity index (χ0n) is 10.3. The Morgan fingerprint density at radius 3 is 2.88 bits per heavy atom. The van der Waals surface area contributed by atoms with Gasteiger partial charge in [-0.05, 0) is 25.9 Å². The quantitative estimate of drug-likeness (QED) is 0.779. The van der Waals surface area contributed by atoms with E-state index in [1.54, 1.807) is 0 Å². The molecular formula is C11H23IN4. The Balaban J connectivity index is 0.00000128. The fourth-order valence-corrected chi connectivity index (χ4v) is 2.48. The van der Waals surface area contributed by atoms with Crippen molar-refractivity contribution >= 4 is 29.9 Å². The van der Waals surface area contributed by atoms with E-state index in [-0.39, 0.29) is 24.0 Å². The molecule has 0 bridgehead atoms. The molecule has 2 aliphatic rings. The summed E-state index contributed by atoms with van der Waals surface area (Å²) in [5.41, 5.74) is 0. The first-order chi connectivity index (χ1) is 7.31. The maximum atomic E-state index is 4.44. The Kier molecular flexibility index (Phi) is 5.82. The first-order valence-corrected chi connectivity index (χ1v) is 6.04. The standard InChI is InChI=1S/C11H22N4.HI/c1-3-15-7-4-5-10(15)9-13-11-12-6-8-14(11)2;/h10H,3-9H2,1-2H3,(H,12,13);1H. The van der Waals surface area contributed by atoms with Gasteiger partial charge >= 0.3 is 0 Å². The fraction of sp³-hybridized carbons (Fsp3) is 0.909. The SMILES string of the molecule is CCN1CCCC1CNC1=NCCN1C.I. The van der Waals surface area contributed by atoms with Crippen molar-refractivity contribution in [1.29, 1.82) is 0 Å². The number of nitrogens with zero attached hydrogens (tertiary/aromatic N) is 3. The molecule has 2 rings (SSSR count). The molecule has 0 aromatic heterocycles. The Labute approximate surface area is 115 Å². The van der Waals surface area contributed by atoms with Crippen molar-refractivity contribution in [3.63, 3.8) is 0 Å². The summed E-state index contributed by atoms with van der Waals surface area (Å²) in [6.45, 7) is 7.75. The summed E-state index contributed by atoms with van der Waals surface area (Å²) in [6.07, 6.45) is 2.68. The van der Waals surface area contributed by atoms with Crippen molar-refractivity contribution in [2.45, 2.75) is 25.8 Å². The maximum Gasteiger partial charge on any atom is 0.193 e. The normalized spacial score (nSPS) is 25.5. The zero-order valence-corrected chi connectivity index (χ0v) is 12.6. The monoisotopic (exact) mass is 338 g/mol. The Morgan fingerprint density at radius 2 is 2.25 bits per heavy atom. The van der Waals surface area contributed by atoms with E-state index < -0.39 is 0 Å². The van der Waals surface area contributed by atoms with Gasteiger partial charge in [0.2, 0.25) is 0 Å². The first-order valence-electron chi connectivity index (χ1n) is 6.04. The molecular weight excluding hydrogens is 315 g/mol. The molecule has 2 heterocycles. The molecule has 5 heteroatoms. The minimum atomic E-state index is 0. The minimum absolute atomic E-state index is 0. The smallest absolute Gasteiger partial charge is 0.193 e. The summed E-state index contributed by atoms with van der Waals surface area (Å²) >= 11 is 0. The van der Waals surface area contributed by atoms with Crippen LogP contribution in [0.25, 0.3) is 0 Å². The highest BCUT2D eigenvalue weighted by Crippen LogP contribution is 2.15. The van der Waals surface area contributed by atoms with Crippen LogP contribution in [0.1, 0.15) is 19.8 Å². The Hall–Kier alpha value is -0.0400. The maximum absolute atomic E-state index is 4.44. The van der Waals surface area contributed by atoms with Crippen molar-refractivity contribution < 1.29 is 0 Å². The van der Waals surface area contributed by atoms with Crippen LogP contribution in [0.3, 0.4) is 0 Å². The lowest BCUT2D eigenvalue weighted by Gasteiger charge is -2.24. The minimum Gasteiger partial charge on any atom is -0.355 e.